The Morgan fingerprint density at radius 3 is 2.40 bits per heavy atom. The van der Waals surface area contributed by atoms with Gasteiger partial charge < -0.3 is 30.0 Å². The van der Waals surface area contributed by atoms with Gasteiger partial charge in [-0.05, 0) is 75.1 Å². The van der Waals surface area contributed by atoms with Crippen LogP contribution >= 0.6 is 0 Å². The molecule has 4 aromatic rings. The predicted octanol–water partition coefficient (Wildman–Crippen LogP) is 5.09. The number of carbonyl (C=O) groups is 6. The van der Waals surface area contributed by atoms with Crippen LogP contribution in [0, 0.1) is 6.92 Å². The summed E-state index contributed by atoms with van der Waals surface area (Å²) in [5.41, 5.74) is 3.62. The minimum absolute atomic E-state index is 0.0641. The van der Waals surface area contributed by atoms with Crippen LogP contribution in [0.4, 0.5) is 17.3 Å². The fraction of sp³-hybridized carbons (Fsp3) is 0.372. The van der Waals surface area contributed by atoms with Gasteiger partial charge in [0, 0.05) is 68.6 Å². The molecule has 0 aliphatic carbocycles. The van der Waals surface area contributed by atoms with E-state index in [0.29, 0.717) is 67.4 Å². The van der Waals surface area contributed by atoms with E-state index in [1.807, 2.05) is 29.7 Å². The first kappa shape index (κ1) is 39.7. The summed E-state index contributed by atoms with van der Waals surface area (Å²) in [7, 11) is 0. The molecule has 302 valence electrons. The molecule has 2 fully saturated rings. The number of amides is 5. The second-order valence-corrected chi connectivity index (χ2v) is 15.1. The lowest BCUT2D eigenvalue weighted by Gasteiger charge is -2.35. The zero-order valence-electron chi connectivity index (χ0n) is 32.5. The molecule has 5 amide bonds. The number of nitrogens with zero attached hydrogens (tertiary/aromatic N) is 3. The van der Waals surface area contributed by atoms with Crippen molar-refractivity contribution in [3.8, 4) is 0 Å². The number of fused-ring (bicyclic) bond motifs is 2. The van der Waals surface area contributed by atoms with Gasteiger partial charge in [0.25, 0.3) is 11.8 Å². The number of unbranched alkanes of at least 4 members (excludes halogenated alkanes) is 3. The summed E-state index contributed by atoms with van der Waals surface area (Å²) in [6, 6.07) is 15.4. The Bertz CT molecular complexity index is 2370. The molecule has 3 aliphatic rings. The molecule has 2 saturated heterocycles. The Kier molecular flexibility index (Phi) is 11.6. The number of carboxylic acids is 1. The molecular formula is C43H46N6O9. The number of carbonyl (C=O) groups excluding carboxylic acids is 5. The third-order valence-electron chi connectivity index (χ3n) is 11.0. The number of para-hydroxylation sites is 1. The summed E-state index contributed by atoms with van der Waals surface area (Å²) in [6.45, 7) is 6.43. The van der Waals surface area contributed by atoms with E-state index in [1.165, 1.54) is 12.1 Å². The van der Waals surface area contributed by atoms with Gasteiger partial charge in [0.15, 0.2) is 11.3 Å². The number of nitrogens with one attached hydrogen (secondary N) is 3. The molecule has 7 rings (SSSR count). The van der Waals surface area contributed by atoms with Crippen molar-refractivity contribution in [3.05, 3.63) is 98.7 Å². The summed E-state index contributed by atoms with van der Waals surface area (Å²) < 4.78 is 6.41. The number of aromatic carboxylic acids is 1. The normalized spacial score (nSPS) is 17.3. The predicted molar refractivity (Wildman–Crippen MR) is 216 cm³/mol. The lowest BCUT2D eigenvalue weighted by Crippen LogP contribution is -2.54. The van der Waals surface area contributed by atoms with E-state index in [9.17, 15) is 38.7 Å². The number of hydrogen-bond donors (Lipinski definition) is 4. The molecule has 4 heterocycles. The second kappa shape index (κ2) is 16.9. The van der Waals surface area contributed by atoms with Gasteiger partial charge in [-0.2, -0.15) is 0 Å². The third kappa shape index (κ3) is 8.29. The molecule has 1 unspecified atom stereocenters. The molecule has 0 spiro atoms. The highest BCUT2D eigenvalue weighted by Crippen LogP contribution is 2.32. The maximum absolute atomic E-state index is 13.4. The molecule has 3 aliphatic heterocycles. The molecule has 0 saturated carbocycles. The minimum atomic E-state index is -1.04. The highest BCUT2D eigenvalue weighted by Gasteiger charge is 2.44. The van der Waals surface area contributed by atoms with E-state index >= 15 is 0 Å². The maximum atomic E-state index is 13.4. The smallest absolute Gasteiger partial charge is 0.337 e. The van der Waals surface area contributed by atoms with Crippen LogP contribution in [0.3, 0.4) is 0 Å². The van der Waals surface area contributed by atoms with E-state index in [1.54, 1.807) is 42.5 Å². The van der Waals surface area contributed by atoms with Crippen LogP contribution in [0.15, 0.2) is 69.9 Å². The van der Waals surface area contributed by atoms with Gasteiger partial charge in [-0.1, -0.05) is 31.0 Å². The zero-order chi connectivity index (χ0) is 41.1. The second-order valence-electron chi connectivity index (χ2n) is 15.1. The van der Waals surface area contributed by atoms with Crippen LogP contribution in [0.5, 0.6) is 0 Å². The van der Waals surface area contributed by atoms with E-state index in [2.05, 4.69) is 16.0 Å². The van der Waals surface area contributed by atoms with Crippen LogP contribution < -0.4 is 26.3 Å². The number of piperidine rings is 1. The van der Waals surface area contributed by atoms with Crippen molar-refractivity contribution in [1.29, 1.82) is 0 Å². The summed E-state index contributed by atoms with van der Waals surface area (Å²) in [4.78, 5) is 92.9. The summed E-state index contributed by atoms with van der Waals surface area (Å²) >= 11 is 0. The molecular weight excluding hydrogens is 745 g/mol. The van der Waals surface area contributed by atoms with Gasteiger partial charge >= 0.3 is 5.97 Å². The van der Waals surface area contributed by atoms with Crippen molar-refractivity contribution in [1.82, 2.24) is 15.1 Å². The summed E-state index contributed by atoms with van der Waals surface area (Å²) in [5.74, 6) is -2.68. The minimum Gasteiger partial charge on any atom is -0.478 e. The van der Waals surface area contributed by atoms with Gasteiger partial charge in [-0.25, -0.2) is 4.79 Å². The van der Waals surface area contributed by atoms with Gasteiger partial charge in [-0.15, -0.1) is 0 Å². The Labute approximate surface area is 334 Å². The SMILES string of the molecule is Cc1cc([C@H](C)Nc2ccccc2C(=O)O)c2oc(N3CCN(C(=O)CCCCCCNc4ccc5c(c4)C(=O)N(C4CCC(=O)NC4=O)C5=O)CC3)cc(=O)c2c1. The lowest BCUT2D eigenvalue weighted by atomic mass is 10.0. The largest absolute Gasteiger partial charge is 0.478 e. The summed E-state index contributed by atoms with van der Waals surface area (Å²) in [5, 5.41) is 18.9. The van der Waals surface area contributed by atoms with Crippen molar-refractivity contribution in [2.24, 2.45) is 0 Å². The van der Waals surface area contributed by atoms with Crippen molar-refractivity contribution in [3.63, 3.8) is 0 Å². The Hall–Kier alpha value is -6.51. The van der Waals surface area contributed by atoms with E-state index in [0.717, 1.165) is 41.7 Å². The first-order valence-corrected chi connectivity index (χ1v) is 19.7. The third-order valence-corrected chi connectivity index (χ3v) is 11.0. The maximum Gasteiger partial charge on any atom is 0.337 e. The Morgan fingerprint density at radius 2 is 1.64 bits per heavy atom. The van der Waals surface area contributed by atoms with Gasteiger partial charge in [0.05, 0.1) is 28.1 Å². The molecule has 0 radical (unpaired) electrons. The molecule has 58 heavy (non-hydrogen) atoms. The van der Waals surface area contributed by atoms with Gasteiger partial charge in [0.1, 0.15) is 11.6 Å². The van der Waals surface area contributed by atoms with E-state index in [-0.39, 0.29) is 46.9 Å². The average molecular weight is 791 g/mol. The van der Waals surface area contributed by atoms with Gasteiger partial charge in [0.2, 0.25) is 17.7 Å². The van der Waals surface area contributed by atoms with E-state index in [4.69, 9.17) is 4.42 Å². The quantitative estimate of drug-likeness (QED) is 0.0977. The lowest BCUT2D eigenvalue weighted by molar-refractivity contribution is -0.136. The van der Waals surface area contributed by atoms with Gasteiger partial charge in [-0.3, -0.25) is 39.0 Å². The number of imide groups is 2. The molecule has 3 aromatic carbocycles. The molecule has 15 heteroatoms. The standard InChI is InChI=1S/C43H46N6O9/c1-25-21-30(26(2)45-33-10-7-6-9-29(33)43(56)57)39-32(22-25)35(50)24-38(58-39)48-19-17-47(18-20-48)37(52)11-5-3-4-8-16-44-27-12-13-28-31(23-27)42(55)49(41(28)54)34-14-15-36(51)46-40(34)53/h6-7,9-10,12-13,21-24,26,34,44-45H,3-5,8,11,14-20H2,1-2H3,(H,56,57)(H,46,51,53)/t26-,34?/m0/s1. The monoisotopic (exact) mass is 790 g/mol. The number of benzene rings is 3. The number of rotatable bonds is 14. The number of carboxylic acid groups (broad SMARTS) is 1. The van der Waals surface area contributed by atoms with Crippen LogP contribution in [-0.4, -0.2) is 89.2 Å². The highest BCUT2D eigenvalue weighted by atomic mass is 16.4. The van der Waals surface area contributed by atoms with Crippen molar-refractivity contribution >= 4 is 63.7 Å². The van der Waals surface area contributed by atoms with Crippen LogP contribution in [0.2, 0.25) is 0 Å². The average Bonchev–Trinajstić information content (AvgIpc) is 3.45. The van der Waals surface area contributed by atoms with Crippen molar-refractivity contribution in [2.75, 3.05) is 48.3 Å². The Balaban J connectivity index is 0.861. The zero-order valence-corrected chi connectivity index (χ0v) is 32.5. The van der Waals surface area contributed by atoms with Crippen molar-refractivity contribution < 1.29 is 38.3 Å². The molecule has 1 aromatic heterocycles. The van der Waals surface area contributed by atoms with E-state index < -0.39 is 35.6 Å². The number of anilines is 3. The number of hydrogen-bond acceptors (Lipinski definition) is 11. The molecule has 4 N–H and O–H groups in total. The molecule has 2 atom stereocenters. The number of aryl methyl sites for hydroxylation is 1. The Morgan fingerprint density at radius 1 is 0.897 bits per heavy atom. The summed E-state index contributed by atoms with van der Waals surface area (Å²) in [6.07, 6.45) is 3.94. The first-order valence-electron chi connectivity index (χ1n) is 19.7. The fourth-order valence-electron chi connectivity index (χ4n) is 7.91. The van der Waals surface area contributed by atoms with Crippen LogP contribution in [-0.2, 0) is 14.4 Å². The van der Waals surface area contributed by atoms with Crippen LogP contribution in [0.25, 0.3) is 11.0 Å². The number of piperazine rings is 1. The fourth-order valence-corrected chi connectivity index (χ4v) is 7.91. The van der Waals surface area contributed by atoms with Crippen LogP contribution in [0.1, 0.15) is 100 Å². The van der Waals surface area contributed by atoms with Crippen molar-refractivity contribution in [2.45, 2.75) is 70.9 Å². The molecule has 0 bridgehead atoms. The molecule has 15 nitrogen and oxygen atoms in total. The first-order chi connectivity index (χ1) is 27.9. The topological polar surface area (TPSA) is 199 Å². The highest BCUT2D eigenvalue weighted by molar-refractivity contribution is 6.23.